The molecule has 0 aromatic heterocycles. The summed E-state index contributed by atoms with van der Waals surface area (Å²) in [4.78, 5) is 2.38. The molecule has 17 heavy (non-hydrogen) atoms. The van der Waals surface area contributed by atoms with E-state index in [2.05, 4.69) is 39.5 Å². The molecule has 0 aromatic rings. The number of halogens is 1. The van der Waals surface area contributed by atoms with Gasteiger partial charge < -0.3 is 9.47 Å². The largest absolute Gasteiger partial charge is 0.375 e. The third kappa shape index (κ3) is 6.05. The second-order valence-corrected chi connectivity index (χ2v) is 6.66. The van der Waals surface area contributed by atoms with Gasteiger partial charge in [-0.3, -0.25) is 4.90 Å². The number of morpholine rings is 1. The highest BCUT2D eigenvalue weighted by Crippen LogP contribution is 2.21. The van der Waals surface area contributed by atoms with Gasteiger partial charge in [-0.2, -0.15) is 0 Å². The number of hydrogen-bond acceptors (Lipinski definition) is 3. The molecule has 0 aromatic carbocycles. The zero-order valence-corrected chi connectivity index (χ0v) is 12.5. The Balaban J connectivity index is 2.37. The van der Waals surface area contributed by atoms with E-state index in [0.717, 1.165) is 26.2 Å². The van der Waals surface area contributed by atoms with Crippen LogP contribution in [0.1, 0.15) is 34.6 Å². The van der Waals surface area contributed by atoms with Gasteiger partial charge >= 0.3 is 0 Å². The van der Waals surface area contributed by atoms with Crippen LogP contribution < -0.4 is 0 Å². The summed E-state index contributed by atoms with van der Waals surface area (Å²) in [7, 11) is 0. The van der Waals surface area contributed by atoms with E-state index in [-0.39, 0.29) is 17.3 Å². The molecule has 0 aliphatic carbocycles. The average molecular weight is 264 g/mol. The predicted molar refractivity (Wildman–Crippen MR) is 71.8 cm³/mol. The van der Waals surface area contributed by atoms with Crippen LogP contribution in [0.4, 0.5) is 0 Å². The van der Waals surface area contributed by atoms with E-state index in [4.69, 9.17) is 21.1 Å². The van der Waals surface area contributed by atoms with Crippen molar-refractivity contribution in [2.75, 3.05) is 32.1 Å². The summed E-state index contributed by atoms with van der Waals surface area (Å²) in [5, 5.41) is 0. The quantitative estimate of drug-likeness (QED) is 0.728. The lowest BCUT2D eigenvalue weighted by atomic mass is 10.1. The van der Waals surface area contributed by atoms with Crippen LogP contribution in [0.5, 0.6) is 0 Å². The van der Waals surface area contributed by atoms with Gasteiger partial charge in [0.2, 0.25) is 0 Å². The predicted octanol–water partition coefficient (Wildman–Crippen LogP) is 2.52. The fraction of sp³-hybridized carbons (Fsp3) is 1.00. The van der Waals surface area contributed by atoms with Crippen molar-refractivity contribution in [3.05, 3.63) is 0 Å². The lowest BCUT2D eigenvalue weighted by Crippen LogP contribution is -2.54. The minimum absolute atomic E-state index is 0.0618. The molecule has 1 heterocycles. The smallest absolute Gasteiger partial charge is 0.0844 e. The van der Waals surface area contributed by atoms with Crippen molar-refractivity contribution in [2.45, 2.75) is 51.9 Å². The van der Waals surface area contributed by atoms with Gasteiger partial charge in [0, 0.05) is 25.5 Å². The lowest BCUT2D eigenvalue weighted by Gasteiger charge is -2.42. The molecule has 3 nitrogen and oxygen atoms in total. The molecule has 102 valence electrons. The van der Waals surface area contributed by atoms with Crippen molar-refractivity contribution in [3.8, 4) is 0 Å². The maximum absolute atomic E-state index is 5.90. The first-order chi connectivity index (χ1) is 7.72. The van der Waals surface area contributed by atoms with Gasteiger partial charge in [-0.15, -0.1) is 11.6 Å². The van der Waals surface area contributed by atoms with E-state index >= 15 is 0 Å². The summed E-state index contributed by atoms with van der Waals surface area (Å²) in [6.07, 6.45) is 0.134. The summed E-state index contributed by atoms with van der Waals surface area (Å²) in [6.45, 7) is 14.0. The zero-order chi connectivity index (χ0) is 13.1. The second-order valence-electron chi connectivity index (χ2n) is 6.35. The summed E-state index contributed by atoms with van der Waals surface area (Å²) in [5.74, 6) is 0.556. The van der Waals surface area contributed by atoms with Crippen LogP contribution in [0.25, 0.3) is 0 Å². The van der Waals surface area contributed by atoms with Crippen molar-refractivity contribution in [1.29, 1.82) is 0 Å². The van der Waals surface area contributed by atoms with Crippen LogP contribution in [0.15, 0.2) is 0 Å². The number of ether oxygens (including phenoxy) is 2. The van der Waals surface area contributed by atoms with Crippen molar-refractivity contribution >= 4 is 11.6 Å². The van der Waals surface area contributed by atoms with Crippen LogP contribution in [0.3, 0.4) is 0 Å². The molecule has 0 bridgehead atoms. The van der Waals surface area contributed by atoms with Crippen molar-refractivity contribution in [1.82, 2.24) is 4.90 Å². The Kier molecular flexibility index (Phi) is 5.26. The molecule has 1 fully saturated rings. The molecule has 1 saturated heterocycles. The third-order valence-corrected chi connectivity index (χ3v) is 3.01. The Morgan fingerprint density at radius 3 is 2.59 bits per heavy atom. The third-order valence-electron chi connectivity index (χ3n) is 2.67. The van der Waals surface area contributed by atoms with Gasteiger partial charge in [0.05, 0.1) is 23.9 Å². The number of alkyl halides is 1. The van der Waals surface area contributed by atoms with Gasteiger partial charge in [-0.05, 0) is 34.6 Å². The van der Waals surface area contributed by atoms with Gasteiger partial charge in [-0.1, -0.05) is 0 Å². The first-order valence-corrected chi connectivity index (χ1v) is 6.85. The Morgan fingerprint density at radius 1 is 1.41 bits per heavy atom. The maximum atomic E-state index is 5.90. The van der Waals surface area contributed by atoms with E-state index < -0.39 is 0 Å². The molecule has 1 aliphatic heterocycles. The highest BCUT2D eigenvalue weighted by atomic mass is 35.5. The van der Waals surface area contributed by atoms with Gasteiger partial charge in [0.1, 0.15) is 0 Å². The van der Waals surface area contributed by atoms with E-state index in [0.29, 0.717) is 5.88 Å². The highest BCUT2D eigenvalue weighted by Gasteiger charge is 2.32. The zero-order valence-electron chi connectivity index (χ0n) is 11.8. The molecule has 4 heteroatoms. The minimum Gasteiger partial charge on any atom is -0.375 e. The van der Waals surface area contributed by atoms with Crippen LogP contribution >= 0.6 is 11.6 Å². The van der Waals surface area contributed by atoms with Gasteiger partial charge in [0.25, 0.3) is 0 Å². The number of rotatable bonds is 4. The lowest BCUT2D eigenvalue weighted by molar-refractivity contribution is -0.133. The molecule has 1 atom stereocenters. The molecule has 1 aliphatic rings. The van der Waals surface area contributed by atoms with Crippen LogP contribution in [0.2, 0.25) is 0 Å². The van der Waals surface area contributed by atoms with Gasteiger partial charge in [-0.25, -0.2) is 0 Å². The minimum atomic E-state index is -0.112. The fourth-order valence-electron chi connectivity index (χ4n) is 2.15. The fourth-order valence-corrected chi connectivity index (χ4v) is 2.31. The SMILES string of the molecule is CC(C)(C)OCCN1CC(CCl)OC(C)(C)C1. The van der Waals surface area contributed by atoms with Crippen LogP contribution in [0, 0.1) is 0 Å². The Hall–Kier alpha value is 0.170. The Morgan fingerprint density at radius 2 is 2.06 bits per heavy atom. The molecule has 1 unspecified atom stereocenters. The topological polar surface area (TPSA) is 21.7 Å². The summed E-state index contributed by atoms with van der Waals surface area (Å²) >= 11 is 5.90. The van der Waals surface area contributed by atoms with Gasteiger partial charge in [0.15, 0.2) is 0 Å². The number of nitrogens with zero attached hydrogens (tertiary/aromatic N) is 1. The molecule has 0 N–H and O–H groups in total. The molecule has 0 saturated carbocycles. The van der Waals surface area contributed by atoms with Crippen molar-refractivity contribution in [2.24, 2.45) is 0 Å². The van der Waals surface area contributed by atoms with E-state index in [9.17, 15) is 0 Å². The standard InChI is InChI=1S/C13H26ClNO2/c1-12(2,3)16-7-6-15-9-11(8-14)17-13(4,5)10-15/h11H,6-10H2,1-5H3. The van der Waals surface area contributed by atoms with Crippen LogP contribution in [-0.2, 0) is 9.47 Å². The molecular weight excluding hydrogens is 238 g/mol. The summed E-state index contributed by atoms with van der Waals surface area (Å²) < 4.78 is 11.6. The highest BCUT2D eigenvalue weighted by molar-refractivity contribution is 6.18. The normalized spacial score (nSPS) is 26.1. The van der Waals surface area contributed by atoms with E-state index in [1.54, 1.807) is 0 Å². The van der Waals surface area contributed by atoms with E-state index in [1.807, 2.05) is 0 Å². The van der Waals surface area contributed by atoms with E-state index in [1.165, 1.54) is 0 Å². The molecular formula is C13H26ClNO2. The maximum Gasteiger partial charge on any atom is 0.0844 e. The molecule has 0 amide bonds. The monoisotopic (exact) mass is 263 g/mol. The van der Waals surface area contributed by atoms with Crippen molar-refractivity contribution < 1.29 is 9.47 Å². The first kappa shape index (κ1) is 15.2. The molecule has 0 radical (unpaired) electrons. The molecule has 1 rings (SSSR count). The Labute approximate surface area is 110 Å². The summed E-state index contributed by atoms with van der Waals surface area (Å²) in [6, 6.07) is 0. The first-order valence-electron chi connectivity index (χ1n) is 6.32. The summed E-state index contributed by atoms with van der Waals surface area (Å²) in [5.41, 5.74) is -0.173. The van der Waals surface area contributed by atoms with Crippen molar-refractivity contribution in [3.63, 3.8) is 0 Å². The Bertz CT molecular complexity index is 238. The number of hydrogen-bond donors (Lipinski definition) is 0. The average Bonchev–Trinajstić information content (AvgIpc) is 2.13. The van der Waals surface area contributed by atoms with Crippen LogP contribution in [-0.4, -0.2) is 54.3 Å². The molecule has 0 spiro atoms. The second kappa shape index (κ2) is 5.87.